The van der Waals surface area contributed by atoms with Crippen molar-refractivity contribution in [2.45, 2.75) is 12.3 Å². The third-order valence-electron chi connectivity index (χ3n) is 10.4. The topological polar surface area (TPSA) is 8.17 Å². The minimum atomic E-state index is 0.426. The van der Waals surface area contributed by atoms with Crippen LogP contribution in [-0.4, -0.2) is 4.57 Å². The van der Waals surface area contributed by atoms with E-state index in [9.17, 15) is 0 Å². The SMILES string of the molecule is C1=CCC(c2ccc(N(c3ccccc3)c3ccc(-n4c5cc6ccccc6cc5c5c6ccccc6c6ccccc6c54)cc3)cc2)C=C1. The molecule has 0 radical (unpaired) electrons. The summed E-state index contributed by atoms with van der Waals surface area (Å²) in [6, 6.07) is 60.1. The fourth-order valence-electron chi connectivity index (χ4n) is 8.10. The molecule has 1 aliphatic carbocycles. The van der Waals surface area contributed by atoms with Crippen LogP contribution in [0, 0.1) is 0 Å². The van der Waals surface area contributed by atoms with Crippen molar-refractivity contribution < 1.29 is 0 Å². The Balaban J connectivity index is 1.18. The summed E-state index contributed by atoms with van der Waals surface area (Å²) in [5.74, 6) is 0.426. The monoisotopic (exact) mass is 638 g/mol. The van der Waals surface area contributed by atoms with Crippen LogP contribution in [0.15, 0.2) is 188 Å². The van der Waals surface area contributed by atoms with Gasteiger partial charge in [0.2, 0.25) is 0 Å². The second kappa shape index (κ2) is 11.6. The summed E-state index contributed by atoms with van der Waals surface area (Å²) in [7, 11) is 0. The summed E-state index contributed by atoms with van der Waals surface area (Å²) in [5, 5.41) is 10.2. The van der Waals surface area contributed by atoms with Crippen LogP contribution >= 0.6 is 0 Å². The van der Waals surface area contributed by atoms with Gasteiger partial charge in [-0.2, -0.15) is 0 Å². The number of anilines is 3. The smallest absolute Gasteiger partial charge is 0.0625 e. The van der Waals surface area contributed by atoms with Gasteiger partial charge < -0.3 is 9.47 Å². The quantitative estimate of drug-likeness (QED) is 0.170. The van der Waals surface area contributed by atoms with E-state index >= 15 is 0 Å². The average molecular weight is 639 g/mol. The van der Waals surface area contributed by atoms with Gasteiger partial charge in [0.05, 0.1) is 11.0 Å². The lowest BCUT2D eigenvalue weighted by atomic mass is 9.92. The number of nitrogens with zero attached hydrogens (tertiary/aromatic N) is 2. The molecule has 1 unspecified atom stereocenters. The van der Waals surface area contributed by atoms with Crippen LogP contribution in [0.5, 0.6) is 0 Å². The molecule has 1 aromatic heterocycles. The minimum absolute atomic E-state index is 0.426. The molecule has 50 heavy (non-hydrogen) atoms. The predicted molar refractivity (Wildman–Crippen MR) is 214 cm³/mol. The molecule has 1 atom stereocenters. The zero-order chi connectivity index (χ0) is 33.0. The Morgan fingerprint density at radius 2 is 1.06 bits per heavy atom. The second-order valence-electron chi connectivity index (χ2n) is 13.3. The summed E-state index contributed by atoms with van der Waals surface area (Å²) >= 11 is 0. The zero-order valence-electron chi connectivity index (χ0n) is 27.6. The van der Waals surface area contributed by atoms with Crippen molar-refractivity contribution in [2.24, 2.45) is 0 Å². The van der Waals surface area contributed by atoms with E-state index < -0.39 is 0 Å². The average Bonchev–Trinajstić information content (AvgIpc) is 3.53. The molecule has 1 heterocycles. The first-order chi connectivity index (χ1) is 24.8. The molecular formula is C48H34N2. The van der Waals surface area contributed by atoms with Crippen LogP contribution in [0.4, 0.5) is 17.1 Å². The number of aromatic nitrogens is 1. The van der Waals surface area contributed by atoms with Gasteiger partial charge in [0, 0.05) is 44.8 Å². The van der Waals surface area contributed by atoms with Gasteiger partial charge in [-0.05, 0) is 99.6 Å². The number of para-hydroxylation sites is 1. The molecule has 0 saturated heterocycles. The van der Waals surface area contributed by atoms with Crippen molar-refractivity contribution in [3.63, 3.8) is 0 Å². The van der Waals surface area contributed by atoms with Gasteiger partial charge in [0.1, 0.15) is 0 Å². The Morgan fingerprint density at radius 1 is 0.480 bits per heavy atom. The standard InChI is InChI=1S/C48H34N2/c1-3-13-33(14-4-1)34-23-25-38(26-24-34)49(37-17-5-2-6-18-37)39-27-29-40(30-28-39)50-46-32-36-16-8-7-15-35(36)31-45(46)47-43-21-11-9-19-41(43)42-20-10-12-22-44(42)48(47)50/h1-13,15-33H,14H2. The van der Waals surface area contributed by atoms with Crippen LogP contribution in [0.1, 0.15) is 17.9 Å². The van der Waals surface area contributed by atoms with Crippen molar-refractivity contribution in [1.29, 1.82) is 0 Å². The Kier molecular flexibility index (Phi) is 6.67. The number of rotatable bonds is 5. The first-order valence-electron chi connectivity index (χ1n) is 17.5. The van der Waals surface area contributed by atoms with Crippen molar-refractivity contribution in [3.05, 3.63) is 194 Å². The normalized spacial score (nSPS) is 14.4. The molecule has 0 bridgehead atoms. The van der Waals surface area contributed by atoms with E-state index in [0.717, 1.165) is 29.2 Å². The zero-order valence-corrected chi connectivity index (χ0v) is 27.6. The largest absolute Gasteiger partial charge is 0.311 e. The summed E-state index contributed by atoms with van der Waals surface area (Å²) in [4.78, 5) is 2.35. The highest BCUT2D eigenvalue weighted by Gasteiger charge is 2.20. The van der Waals surface area contributed by atoms with Gasteiger partial charge in [0.15, 0.2) is 0 Å². The Bertz CT molecular complexity index is 2770. The Labute approximate surface area is 291 Å². The maximum atomic E-state index is 2.49. The molecule has 0 amide bonds. The fourth-order valence-corrected chi connectivity index (χ4v) is 8.10. The van der Waals surface area contributed by atoms with Gasteiger partial charge in [-0.25, -0.2) is 0 Å². The summed E-state index contributed by atoms with van der Waals surface area (Å²) in [6.07, 6.45) is 9.89. The number of fused-ring (bicyclic) bond motifs is 9. The third kappa shape index (κ3) is 4.57. The van der Waals surface area contributed by atoms with Crippen LogP contribution in [-0.2, 0) is 0 Å². The lowest BCUT2D eigenvalue weighted by Crippen LogP contribution is -2.10. The van der Waals surface area contributed by atoms with Crippen molar-refractivity contribution in [1.82, 2.24) is 4.57 Å². The first kappa shape index (κ1) is 28.6. The van der Waals surface area contributed by atoms with Crippen molar-refractivity contribution >= 4 is 71.2 Å². The molecule has 8 aromatic carbocycles. The van der Waals surface area contributed by atoms with Crippen molar-refractivity contribution in [3.8, 4) is 5.69 Å². The van der Waals surface area contributed by atoms with E-state index in [1.807, 2.05) is 0 Å². The molecule has 236 valence electrons. The molecule has 1 aliphatic rings. The van der Waals surface area contributed by atoms with Crippen LogP contribution in [0.25, 0.3) is 59.8 Å². The van der Waals surface area contributed by atoms with E-state index in [1.54, 1.807) is 0 Å². The fraction of sp³-hybridized carbons (Fsp3) is 0.0417. The molecular weight excluding hydrogens is 605 g/mol. The molecule has 9 aromatic rings. The predicted octanol–water partition coefficient (Wildman–Crippen LogP) is 13.3. The molecule has 0 fully saturated rings. The van der Waals surface area contributed by atoms with Gasteiger partial charge in [-0.1, -0.05) is 127 Å². The Hall–Kier alpha value is -6.38. The summed E-state index contributed by atoms with van der Waals surface area (Å²) in [5.41, 5.74) is 8.35. The van der Waals surface area contributed by atoms with Gasteiger partial charge in [-0.3, -0.25) is 0 Å². The highest BCUT2D eigenvalue weighted by molar-refractivity contribution is 6.32. The number of allylic oxidation sites excluding steroid dienone is 4. The molecule has 0 spiro atoms. The molecule has 0 saturated carbocycles. The number of hydrogen-bond acceptors (Lipinski definition) is 1. The van der Waals surface area contributed by atoms with Crippen LogP contribution < -0.4 is 4.90 Å². The van der Waals surface area contributed by atoms with Crippen molar-refractivity contribution in [2.75, 3.05) is 4.90 Å². The minimum Gasteiger partial charge on any atom is -0.311 e. The maximum absolute atomic E-state index is 2.49. The lowest BCUT2D eigenvalue weighted by molar-refractivity contribution is 0.854. The second-order valence-corrected chi connectivity index (χ2v) is 13.3. The number of benzene rings is 8. The highest BCUT2D eigenvalue weighted by atomic mass is 15.1. The van der Waals surface area contributed by atoms with E-state index in [-0.39, 0.29) is 0 Å². The van der Waals surface area contributed by atoms with Crippen LogP contribution in [0.3, 0.4) is 0 Å². The Morgan fingerprint density at radius 3 is 1.76 bits per heavy atom. The molecule has 2 heteroatoms. The van der Waals surface area contributed by atoms with Crippen LogP contribution in [0.2, 0.25) is 0 Å². The molecule has 10 rings (SSSR count). The van der Waals surface area contributed by atoms with Gasteiger partial charge in [-0.15, -0.1) is 0 Å². The van der Waals surface area contributed by atoms with Gasteiger partial charge >= 0.3 is 0 Å². The highest BCUT2D eigenvalue weighted by Crippen LogP contribution is 2.44. The number of hydrogen-bond donors (Lipinski definition) is 0. The van der Waals surface area contributed by atoms with E-state index in [1.165, 1.54) is 59.7 Å². The van der Waals surface area contributed by atoms with E-state index in [4.69, 9.17) is 0 Å². The molecule has 2 nitrogen and oxygen atoms in total. The maximum Gasteiger partial charge on any atom is 0.0625 e. The summed E-state index contributed by atoms with van der Waals surface area (Å²) in [6.45, 7) is 0. The summed E-state index contributed by atoms with van der Waals surface area (Å²) < 4.78 is 2.49. The lowest BCUT2D eigenvalue weighted by Gasteiger charge is -2.26. The van der Waals surface area contributed by atoms with Gasteiger partial charge in [0.25, 0.3) is 0 Å². The van der Waals surface area contributed by atoms with E-state index in [2.05, 4.69) is 198 Å². The van der Waals surface area contributed by atoms with E-state index in [0.29, 0.717) is 5.92 Å². The molecule has 0 N–H and O–H groups in total. The third-order valence-corrected chi connectivity index (χ3v) is 10.4. The molecule has 0 aliphatic heterocycles. The first-order valence-corrected chi connectivity index (χ1v) is 17.5.